The van der Waals surface area contributed by atoms with Gasteiger partial charge in [-0.05, 0) is 63.0 Å². The van der Waals surface area contributed by atoms with Gasteiger partial charge in [0.1, 0.15) is 17.1 Å². The lowest BCUT2D eigenvalue weighted by molar-refractivity contribution is -0.106. The summed E-state index contributed by atoms with van der Waals surface area (Å²) in [7, 11) is 5.87. The third kappa shape index (κ3) is 3.72. The molecule has 2 aromatic carbocycles. The van der Waals surface area contributed by atoms with Crippen LogP contribution in [0.2, 0.25) is 0 Å². The van der Waals surface area contributed by atoms with Crippen molar-refractivity contribution in [2.24, 2.45) is 0 Å². The Hall–Kier alpha value is -2.41. The zero-order chi connectivity index (χ0) is 23.9. The van der Waals surface area contributed by atoms with Crippen LogP contribution in [0.5, 0.6) is 11.5 Å². The molecule has 1 aromatic heterocycles. The van der Waals surface area contributed by atoms with E-state index in [-0.39, 0.29) is 5.92 Å². The van der Waals surface area contributed by atoms with Crippen molar-refractivity contribution in [2.75, 3.05) is 21.2 Å². The molecule has 6 rings (SSSR count). The first-order valence-electron chi connectivity index (χ1n) is 11.8. The average Bonchev–Trinajstić information content (AvgIpc) is 3.61. The maximum Gasteiger partial charge on any atom is 0.174 e. The van der Waals surface area contributed by atoms with Crippen LogP contribution in [0.1, 0.15) is 48.3 Å². The van der Waals surface area contributed by atoms with E-state index in [9.17, 15) is 5.11 Å². The molecular weight excluding hydrogens is 492 g/mol. The maximum atomic E-state index is 12.2. The summed E-state index contributed by atoms with van der Waals surface area (Å²) in [6.07, 6.45) is 7.56. The molecular formula is C28H31BrN2O3. The number of ether oxygens (including phenoxy) is 2. The Balaban J connectivity index is 0.000000351. The van der Waals surface area contributed by atoms with Crippen molar-refractivity contribution in [1.82, 2.24) is 9.88 Å². The van der Waals surface area contributed by atoms with Gasteiger partial charge in [-0.15, -0.1) is 0 Å². The topological polar surface area (TPSA) is 54.8 Å². The number of hydrogen-bond donors (Lipinski definition) is 1. The van der Waals surface area contributed by atoms with Crippen LogP contribution in [0.15, 0.2) is 71.5 Å². The molecule has 2 aliphatic carbocycles. The van der Waals surface area contributed by atoms with E-state index in [0.717, 1.165) is 28.1 Å². The first-order chi connectivity index (χ1) is 16.4. The second-order valence-corrected chi connectivity index (χ2v) is 10.5. The quantitative estimate of drug-likeness (QED) is 0.482. The summed E-state index contributed by atoms with van der Waals surface area (Å²) in [4.78, 5) is 6.53. The molecule has 0 amide bonds. The normalized spacial score (nSPS) is 26.8. The number of nitrogens with zero attached hydrogens (tertiary/aromatic N) is 2. The van der Waals surface area contributed by atoms with Crippen molar-refractivity contribution in [3.05, 3.63) is 88.2 Å². The van der Waals surface area contributed by atoms with Gasteiger partial charge in [0.15, 0.2) is 5.60 Å². The van der Waals surface area contributed by atoms with Crippen LogP contribution in [0.3, 0.4) is 0 Å². The molecule has 3 aromatic rings. The number of benzene rings is 2. The number of aliphatic hydroxyl groups is 1. The molecule has 0 saturated heterocycles. The van der Waals surface area contributed by atoms with Gasteiger partial charge in [-0.3, -0.25) is 4.98 Å². The van der Waals surface area contributed by atoms with Gasteiger partial charge in [0.2, 0.25) is 0 Å². The average molecular weight is 523 g/mol. The number of methoxy groups -OCH3 is 1. The zero-order valence-electron chi connectivity index (χ0n) is 19.9. The number of fused-ring (bicyclic) bond motifs is 3. The Kier molecular flexibility index (Phi) is 6.17. The van der Waals surface area contributed by atoms with Gasteiger partial charge in [-0.25, -0.2) is 0 Å². The van der Waals surface area contributed by atoms with E-state index in [0.29, 0.717) is 23.5 Å². The molecule has 3 unspecified atom stereocenters. The molecule has 34 heavy (non-hydrogen) atoms. The summed E-state index contributed by atoms with van der Waals surface area (Å²) >= 11 is 3.52. The van der Waals surface area contributed by atoms with Crippen molar-refractivity contribution in [3.63, 3.8) is 0 Å². The van der Waals surface area contributed by atoms with Crippen LogP contribution in [0.25, 0.3) is 0 Å². The molecule has 1 N–H and O–H groups in total. The van der Waals surface area contributed by atoms with E-state index in [1.165, 1.54) is 12.8 Å². The highest BCUT2D eigenvalue weighted by Gasteiger charge is 2.69. The SMILES string of the molecule is CN(C)C1CC1.COc1cncc2c1C1(O)CCC(c3ccccc3)C1(c1ccc(Br)cc1)O2. The second kappa shape index (κ2) is 8.99. The number of pyridine rings is 1. The largest absolute Gasteiger partial charge is 0.495 e. The van der Waals surface area contributed by atoms with E-state index < -0.39 is 11.2 Å². The molecule has 0 spiro atoms. The van der Waals surface area contributed by atoms with Gasteiger partial charge in [0.05, 0.1) is 25.1 Å². The number of rotatable bonds is 4. The Morgan fingerprint density at radius 3 is 2.32 bits per heavy atom. The molecule has 6 heteroatoms. The fraction of sp³-hybridized carbons (Fsp3) is 0.393. The molecule has 0 bridgehead atoms. The predicted molar refractivity (Wildman–Crippen MR) is 136 cm³/mol. The highest BCUT2D eigenvalue weighted by Crippen LogP contribution is 2.67. The summed E-state index contributed by atoms with van der Waals surface area (Å²) in [6, 6.07) is 19.3. The van der Waals surface area contributed by atoms with Crippen molar-refractivity contribution in [1.29, 1.82) is 0 Å². The van der Waals surface area contributed by atoms with E-state index in [4.69, 9.17) is 9.47 Å². The fourth-order valence-electron chi connectivity index (χ4n) is 5.61. The minimum Gasteiger partial charge on any atom is -0.495 e. The van der Waals surface area contributed by atoms with Crippen molar-refractivity contribution >= 4 is 15.9 Å². The summed E-state index contributed by atoms with van der Waals surface area (Å²) < 4.78 is 13.2. The van der Waals surface area contributed by atoms with E-state index in [1.54, 1.807) is 19.5 Å². The lowest BCUT2D eigenvalue weighted by atomic mass is 9.72. The molecule has 2 saturated carbocycles. The first kappa shape index (κ1) is 23.3. The van der Waals surface area contributed by atoms with Gasteiger partial charge in [0.25, 0.3) is 0 Å². The smallest absolute Gasteiger partial charge is 0.174 e. The monoisotopic (exact) mass is 522 g/mol. The van der Waals surface area contributed by atoms with E-state index in [2.05, 4.69) is 52.0 Å². The van der Waals surface area contributed by atoms with Crippen molar-refractivity contribution < 1.29 is 14.6 Å². The van der Waals surface area contributed by atoms with Crippen molar-refractivity contribution in [2.45, 2.75) is 48.8 Å². The van der Waals surface area contributed by atoms with Gasteiger partial charge in [-0.1, -0.05) is 58.4 Å². The molecule has 178 valence electrons. The van der Waals surface area contributed by atoms with Crippen molar-refractivity contribution in [3.8, 4) is 11.5 Å². The fourth-order valence-corrected chi connectivity index (χ4v) is 5.87. The Bertz CT molecular complexity index is 1150. The standard InChI is InChI=1S/C23H20BrNO3.C5H11N/c1-27-19-13-25-14-20-21(19)22(26)12-11-18(15-5-3-2-4-6-15)23(22,28-20)16-7-9-17(24)10-8-16;1-6(2)5-3-4-5/h2-10,13-14,18,26H,11-12H2,1H3;5H,3-4H2,1-2H3. The molecule has 2 fully saturated rings. The molecule has 3 aliphatic rings. The molecule has 3 atom stereocenters. The van der Waals surface area contributed by atoms with Crippen LogP contribution in [-0.4, -0.2) is 42.2 Å². The number of halogens is 1. The lowest BCUT2D eigenvalue weighted by Gasteiger charge is -2.40. The van der Waals surface area contributed by atoms with Crippen LogP contribution in [-0.2, 0) is 11.2 Å². The minimum absolute atomic E-state index is 0.00279. The van der Waals surface area contributed by atoms with Gasteiger partial charge >= 0.3 is 0 Å². The summed E-state index contributed by atoms with van der Waals surface area (Å²) in [6.45, 7) is 0. The van der Waals surface area contributed by atoms with Gasteiger partial charge < -0.3 is 19.5 Å². The lowest BCUT2D eigenvalue weighted by Crippen LogP contribution is -2.48. The molecule has 2 heterocycles. The van der Waals surface area contributed by atoms with Crippen LogP contribution >= 0.6 is 15.9 Å². The minimum atomic E-state index is -1.20. The number of hydrogen-bond acceptors (Lipinski definition) is 5. The zero-order valence-corrected chi connectivity index (χ0v) is 21.5. The Labute approximate surface area is 209 Å². The van der Waals surface area contributed by atoms with E-state index >= 15 is 0 Å². The second-order valence-electron chi connectivity index (χ2n) is 9.62. The van der Waals surface area contributed by atoms with Crippen LogP contribution < -0.4 is 9.47 Å². The van der Waals surface area contributed by atoms with Crippen LogP contribution in [0.4, 0.5) is 0 Å². The van der Waals surface area contributed by atoms with E-state index in [1.807, 2.05) is 42.5 Å². The molecule has 5 nitrogen and oxygen atoms in total. The third-order valence-corrected chi connectivity index (χ3v) is 7.96. The predicted octanol–water partition coefficient (Wildman–Crippen LogP) is 5.62. The third-order valence-electron chi connectivity index (χ3n) is 7.43. The van der Waals surface area contributed by atoms with Gasteiger partial charge in [0, 0.05) is 16.4 Å². The summed E-state index contributed by atoms with van der Waals surface area (Å²) in [5.74, 6) is 1.15. The summed E-state index contributed by atoms with van der Waals surface area (Å²) in [5, 5.41) is 12.2. The molecule has 0 radical (unpaired) electrons. The van der Waals surface area contributed by atoms with Crippen LogP contribution in [0, 0.1) is 0 Å². The Morgan fingerprint density at radius 2 is 1.74 bits per heavy atom. The highest BCUT2D eigenvalue weighted by atomic mass is 79.9. The Morgan fingerprint density at radius 1 is 1.03 bits per heavy atom. The number of aromatic nitrogens is 1. The summed E-state index contributed by atoms with van der Waals surface area (Å²) in [5.41, 5.74) is 0.661. The molecule has 1 aliphatic heterocycles. The van der Waals surface area contributed by atoms with Gasteiger partial charge in [-0.2, -0.15) is 0 Å². The maximum absolute atomic E-state index is 12.2. The first-order valence-corrected chi connectivity index (χ1v) is 12.6. The highest BCUT2D eigenvalue weighted by molar-refractivity contribution is 9.10.